The number of aromatic nitrogens is 1. The number of rotatable bonds is 14. The first-order chi connectivity index (χ1) is 17.5. The number of aliphatic carboxylic acids is 1. The molecule has 11 nitrogen and oxygen atoms in total. The average molecular weight is 518 g/mol. The Labute approximate surface area is 216 Å². The minimum atomic E-state index is -1.22. The molecule has 0 aliphatic heterocycles. The third kappa shape index (κ3) is 7.77. The van der Waals surface area contributed by atoms with Crippen LogP contribution >= 0.6 is 0 Å². The normalized spacial score (nSPS) is 16.2. The van der Waals surface area contributed by atoms with Crippen molar-refractivity contribution < 1.29 is 29.4 Å². The van der Waals surface area contributed by atoms with E-state index >= 15 is 0 Å². The molecule has 2 aromatic rings. The Bertz CT molecular complexity index is 1090. The number of hydrogen-bond acceptors (Lipinski definition) is 6. The van der Waals surface area contributed by atoms with E-state index in [4.69, 9.17) is 5.73 Å². The van der Waals surface area contributed by atoms with Crippen LogP contribution in [0, 0.1) is 11.8 Å². The van der Waals surface area contributed by atoms with Gasteiger partial charge in [-0.05, 0) is 23.5 Å². The maximum atomic E-state index is 13.5. The van der Waals surface area contributed by atoms with Crippen LogP contribution in [0.4, 0.5) is 0 Å². The van der Waals surface area contributed by atoms with E-state index in [1.165, 1.54) is 0 Å². The fraction of sp³-hybridized carbons (Fsp3) is 0.538. The van der Waals surface area contributed by atoms with Gasteiger partial charge in [0.15, 0.2) is 0 Å². The Balaban J connectivity index is 2.32. The van der Waals surface area contributed by atoms with E-state index in [-0.39, 0.29) is 18.3 Å². The lowest BCUT2D eigenvalue weighted by molar-refractivity contribution is -0.144. The average Bonchev–Trinajstić information content (AvgIpc) is 3.30. The number of hydrogen-bond donors (Lipinski definition) is 7. The van der Waals surface area contributed by atoms with Crippen LogP contribution in [-0.4, -0.2) is 69.7 Å². The van der Waals surface area contributed by atoms with E-state index in [9.17, 15) is 29.4 Å². The lowest BCUT2D eigenvalue weighted by Gasteiger charge is -2.29. The number of carboxylic acids is 1. The Hall–Kier alpha value is -3.44. The number of aliphatic hydroxyl groups is 1. The fourth-order valence-corrected chi connectivity index (χ4v) is 3.97. The van der Waals surface area contributed by atoms with Crippen molar-refractivity contribution in [2.45, 2.75) is 71.1 Å². The molecule has 1 aromatic heterocycles. The van der Waals surface area contributed by atoms with Crippen molar-refractivity contribution >= 4 is 34.6 Å². The zero-order valence-electron chi connectivity index (χ0n) is 21.8. The van der Waals surface area contributed by atoms with Gasteiger partial charge in [-0.15, -0.1) is 0 Å². The summed E-state index contributed by atoms with van der Waals surface area (Å²) in [6.07, 6.45) is 2.92. The highest BCUT2D eigenvalue weighted by Gasteiger charge is 2.34. The molecule has 0 saturated carbocycles. The van der Waals surface area contributed by atoms with Gasteiger partial charge in [0, 0.05) is 23.5 Å². The number of nitrogens with one attached hydrogen (secondary N) is 4. The summed E-state index contributed by atoms with van der Waals surface area (Å²) in [4.78, 5) is 54.0. The van der Waals surface area contributed by atoms with E-state index < -0.39 is 54.5 Å². The number of aromatic amines is 1. The summed E-state index contributed by atoms with van der Waals surface area (Å²) >= 11 is 0. The molecule has 0 spiro atoms. The molecular formula is C26H39N5O6. The van der Waals surface area contributed by atoms with Crippen LogP contribution in [0.25, 0.3) is 10.9 Å². The second-order valence-electron chi connectivity index (χ2n) is 9.50. The van der Waals surface area contributed by atoms with Crippen molar-refractivity contribution in [2.75, 3.05) is 6.61 Å². The number of benzene rings is 1. The van der Waals surface area contributed by atoms with Crippen LogP contribution in [0.1, 0.15) is 46.1 Å². The van der Waals surface area contributed by atoms with Gasteiger partial charge in [-0.2, -0.15) is 0 Å². The maximum Gasteiger partial charge on any atom is 0.326 e. The molecule has 0 saturated heterocycles. The molecule has 3 amide bonds. The monoisotopic (exact) mass is 517 g/mol. The molecule has 11 heteroatoms. The van der Waals surface area contributed by atoms with Gasteiger partial charge in [0.1, 0.15) is 24.2 Å². The minimum absolute atomic E-state index is 0.0964. The molecule has 0 aliphatic carbocycles. The van der Waals surface area contributed by atoms with Crippen molar-refractivity contribution in [3.63, 3.8) is 0 Å². The van der Waals surface area contributed by atoms with Gasteiger partial charge in [0.2, 0.25) is 17.7 Å². The van der Waals surface area contributed by atoms with Crippen LogP contribution in [0.5, 0.6) is 0 Å². The van der Waals surface area contributed by atoms with Crippen LogP contribution in [-0.2, 0) is 25.6 Å². The van der Waals surface area contributed by atoms with Crippen molar-refractivity contribution in [1.82, 2.24) is 20.9 Å². The van der Waals surface area contributed by atoms with E-state index in [0.717, 1.165) is 16.5 Å². The molecule has 6 unspecified atom stereocenters. The molecule has 8 N–H and O–H groups in total. The summed E-state index contributed by atoms with van der Waals surface area (Å²) in [6.45, 7) is 6.59. The van der Waals surface area contributed by atoms with Crippen molar-refractivity contribution in [2.24, 2.45) is 17.6 Å². The Morgan fingerprint density at radius 2 is 1.51 bits per heavy atom. The maximum absolute atomic E-state index is 13.5. The van der Waals surface area contributed by atoms with Crippen LogP contribution in [0.3, 0.4) is 0 Å². The van der Waals surface area contributed by atoms with E-state index in [1.807, 2.05) is 38.1 Å². The van der Waals surface area contributed by atoms with Crippen LogP contribution in [0.15, 0.2) is 30.5 Å². The number of carboxylic acid groups (broad SMARTS) is 1. The summed E-state index contributed by atoms with van der Waals surface area (Å²) < 4.78 is 0. The van der Waals surface area contributed by atoms with Gasteiger partial charge in [0.25, 0.3) is 0 Å². The topological polar surface area (TPSA) is 187 Å². The quantitative estimate of drug-likeness (QED) is 0.192. The standard InChI is InChI=1S/C26H39N5O6/c1-5-14(3)21(25(35)31-22(26(36)37)15(4)6-2)30-24(34)20(29-23(33)18(27)13-32)11-16-12-28-19-10-8-7-9-17(16)19/h7-10,12,14-15,18,20-22,28,32H,5-6,11,13,27H2,1-4H3,(H,29,33)(H,30,34)(H,31,35)(H,36,37). The predicted octanol–water partition coefficient (Wildman–Crippen LogP) is 0.661. The number of aliphatic hydroxyl groups excluding tert-OH is 1. The van der Waals surface area contributed by atoms with E-state index in [0.29, 0.717) is 12.8 Å². The molecular weight excluding hydrogens is 478 g/mol. The van der Waals surface area contributed by atoms with Crippen molar-refractivity contribution in [3.8, 4) is 0 Å². The summed E-state index contributed by atoms with van der Waals surface area (Å²) in [6, 6.07) is 3.03. The first-order valence-corrected chi connectivity index (χ1v) is 12.6. The second-order valence-corrected chi connectivity index (χ2v) is 9.50. The largest absolute Gasteiger partial charge is 0.480 e. The van der Waals surface area contributed by atoms with Crippen molar-refractivity contribution in [1.29, 1.82) is 0 Å². The van der Waals surface area contributed by atoms with Crippen LogP contribution in [0.2, 0.25) is 0 Å². The summed E-state index contributed by atoms with van der Waals surface area (Å²) in [5.41, 5.74) is 7.28. The smallest absolute Gasteiger partial charge is 0.326 e. The van der Waals surface area contributed by atoms with Crippen molar-refractivity contribution in [3.05, 3.63) is 36.0 Å². The number of carbonyl (C=O) groups excluding carboxylic acids is 3. The number of carbonyl (C=O) groups is 4. The van der Waals surface area contributed by atoms with E-state index in [2.05, 4.69) is 20.9 Å². The van der Waals surface area contributed by atoms with E-state index in [1.54, 1.807) is 20.0 Å². The number of para-hydroxylation sites is 1. The molecule has 1 aromatic carbocycles. The summed E-state index contributed by atoms with van der Waals surface area (Å²) in [5.74, 6) is -3.74. The Morgan fingerprint density at radius 1 is 0.919 bits per heavy atom. The molecule has 1 heterocycles. The zero-order valence-corrected chi connectivity index (χ0v) is 21.8. The van der Waals surface area contributed by atoms with Gasteiger partial charge in [0.05, 0.1) is 6.61 Å². The Morgan fingerprint density at radius 3 is 2.11 bits per heavy atom. The SMILES string of the molecule is CCC(C)C(NC(=O)C(NC(=O)C(Cc1c[nH]c2ccccc12)NC(=O)C(N)CO)C(C)CC)C(=O)O. The molecule has 0 radical (unpaired) electrons. The van der Waals surface area contributed by atoms with Gasteiger partial charge >= 0.3 is 5.97 Å². The molecule has 0 bridgehead atoms. The minimum Gasteiger partial charge on any atom is -0.480 e. The lowest BCUT2D eigenvalue weighted by Crippen LogP contribution is -2.59. The highest BCUT2D eigenvalue weighted by Crippen LogP contribution is 2.20. The number of amides is 3. The Kier molecular flexibility index (Phi) is 11.1. The van der Waals surface area contributed by atoms with Gasteiger partial charge in [-0.1, -0.05) is 58.7 Å². The zero-order chi connectivity index (χ0) is 27.7. The first kappa shape index (κ1) is 29.8. The van der Waals surface area contributed by atoms with Crippen LogP contribution < -0.4 is 21.7 Å². The lowest BCUT2D eigenvalue weighted by atomic mass is 9.94. The molecule has 2 rings (SSSR count). The fourth-order valence-electron chi connectivity index (χ4n) is 3.97. The number of nitrogens with two attached hydrogens (primary N) is 1. The first-order valence-electron chi connectivity index (χ1n) is 12.6. The molecule has 204 valence electrons. The third-order valence-electron chi connectivity index (χ3n) is 6.84. The van der Waals surface area contributed by atoms with Gasteiger partial charge < -0.3 is 36.9 Å². The summed E-state index contributed by atoms with van der Waals surface area (Å²) in [7, 11) is 0. The predicted molar refractivity (Wildman–Crippen MR) is 139 cm³/mol. The molecule has 0 aliphatic rings. The molecule has 6 atom stereocenters. The number of fused-ring (bicyclic) bond motifs is 1. The van der Waals surface area contributed by atoms with Gasteiger partial charge in [-0.25, -0.2) is 4.79 Å². The molecule has 37 heavy (non-hydrogen) atoms. The highest BCUT2D eigenvalue weighted by molar-refractivity contribution is 5.95. The van der Waals surface area contributed by atoms with Gasteiger partial charge in [-0.3, -0.25) is 14.4 Å². The second kappa shape index (κ2) is 13.8. The highest BCUT2D eigenvalue weighted by atomic mass is 16.4. The number of H-pyrrole nitrogens is 1. The molecule has 0 fully saturated rings. The third-order valence-corrected chi connectivity index (χ3v) is 6.84. The summed E-state index contributed by atoms with van der Waals surface area (Å²) in [5, 5.41) is 27.6.